The molecule has 10 rings (SSSR count). The van der Waals surface area contributed by atoms with Gasteiger partial charge in [-0.2, -0.15) is 0 Å². The first-order chi connectivity index (χ1) is 25.4. The van der Waals surface area contributed by atoms with Gasteiger partial charge in [-0.1, -0.05) is 84.9 Å². The van der Waals surface area contributed by atoms with Gasteiger partial charge >= 0.3 is 0 Å². The second-order valence-electron chi connectivity index (χ2n) is 13.6. The number of anilines is 1. The lowest BCUT2D eigenvalue weighted by atomic mass is 9.59. The van der Waals surface area contributed by atoms with Gasteiger partial charge in [0.25, 0.3) is 0 Å². The maximum Gasteiger partial charge on any atom is 0.239 e. The first-order valence-corrected chi connectivity index (χ1v) is 17.1. The summed E-state index contributed by atoms with van der Waals surface area (Å²) in [5, 5.41) is 0. The summed E-state index contributed by atoms with van der Waals surface area (Å²) < 4.78 is 23.1. The number of Topliss-reactive ketones (excluding diaryl/α,β-unsaturated/α-hetero) is 2. The van der Waals surface area contributed by atoms with E-state index in [4.69, 9.17) is 18.9 Å². The molecule has 5 aromatic carbocycles. The van der Waals surface area contributed by atoms with Crippen molar-refractivity contribution in [3.05, 3.63) is 149 Å². The summed E-state index contributed by atoms with van der Waals surface area (Å²) in [6, 6.07) is 36.2. The monoisotopic (exact) mass is 687 g/mol. The lowest BCUT2D eigenvalue weighted by molar-refractivity contribution is -0.130. The highest BCUT2D eigenvalue weighted by Crippen LogP contribution is 2.74. The zero-order chi connectivity index (χ0) is 35.4. The minimum absolute atomic E-state index is 0.0511. The molecule has 1 saturated heterocycles. The van der Waals surface area contributed by atoms with Gasteiger partial charge in [0.15, 0.2) is 34.6 Å². The van der Waals surface area contributed by atoms with Gasteiger partial charge in [-0.05, 0) is 76.7 Å². The van der Waals surface area contributed by atoms with Gasteiger partial charge in [0.2, 0.25) is 25.4 Å². The third kappa shape index (κ3) is 3.72. The van der Waals surface area contributed by atoms with Crippen molar-refractivity contribution in [1.82, 2.24) is 0 Å². The van der Waals surface area contributed by atoms with Gasteiger partial charge < -0.3 is 18.9 Å². The third-order valence-electron chi connectivity index (χ3n) is 11.3. The second-order valence-corrected chi connectivity index (χ2v) is 13.6. The molecule has 1 saturated carbocycles. The van der Waals surface area contributed by atoms with E-state index in [9.17, 15) is 4.79 Å². The highest BCUT2D eigenvalue weighted by Gasteiger charge is 2.82. The molecular weight excluding hydrogens is 658 g/mol. The smallest absolute Gasteiger partial charge is 0.239 e. The van der Waals surface area contributed by atoms with Crippen LogP contribution < -0.4 is 23.8 Å². The Balaban J connectivity index is 1.35. The molecule has 0 N–H and O–H groups in total. The minimum Gasteiger partial charge on any atom is -0.454 e. The maximum atomic E-state index is 16.2. The molecule has 9 nitrogen and oxygen atoms in total. The first kappa shape index (κ1) is 30.4. The maximum absolute atomic E-state index is 16.2. The topological polar surface area (TPSA) is 108 Å². The molecular formula is C43H29NO8. The Morgan fingerprint density at radius 2 is 1.06 bits per heavy atom. The standard InChI is InChI=1S/C43H29NO8/c1-24(45)25-9-8-14-30(19-25)44-39(46)37-38(40(44)47)43(29-12-6-3-7-13-29)36(27-16-18-32-34(21-27)52-23-50-32)35(26-15-17-31-33(20-26)51-22-49-31)42(37,41(43)48)28-10-4-2-5-11-28/h2-21,37-38H,22-23H2,1H3/t37-,38-,42+,43+/m1/s1. The van der Waals surface area contributed by atoms with E-state index in [0.717, 1.165) is 0 Å². The van der Waals surface area contributed by atoms with Crippen molar-refractivity contribution in [3.63, 3.8) is 0 Å². The molecule has 52 heavy (non-hydrogen) atoms. The van der Waals surface area contributed by atoms with Crippen LogP contribution in [0.4, 0.5) is 5.69 Å². The predicted molar refractivity (Wildman–Crippen MR) is 189 cm³/mol. The normalized spacial score (nSPS) is 24.9. The Kier molecular flexibility index (Phi) is 6.28. The van der Waals surface area contributed by atoms with Crippen LogP contribution in [0.25, 0.3) is 11.1 Å². The van der Waals surface area contributed by atoms with E-state index >= 15 is 14.4 Å². The Morgan fingerprint density at radius 3 is 1.54 bits per heavy atom. The van der Waals surface area contributed by atoms with Gasteiger partial charge in [-0.25, -0.2) is 4.90 Å². The number of benzene rings is 5. The summed E-state index contributed by atoms with van der Waals surface area (Å²) in [6.45, 7) is 1.54. The second kappa shape index (κ2) is 10.8. The van der Waals surface area contributed by atoms with Crippen molar-refractivity contribution >= 4 is 40.2 Å². The molecule has 3 aliphatic heterocycles. The van der Waals surface area contributed by atoms with Crippen molar-refractivity contribution < 1.29 is 38.1 Å². The van der Waals surface area contributed by atoms with Crippen molar-refractivity contribution in [2.24, 2.45) is 11.8 Å². The summed E-state index contributed by atoms with van der Waals surface area (Å²) in [4.78, 5) is 60.5. The summed E-state index contributed by atoms with van der Waals surface area (Å²) in [5.41, 5.74) is 1.10. The highest BCUT2D eigenvalue weighted by molar-refractivity contribution is 6.39. The Bertz CT molecular complexity index is 2300. The number of amides is 2. The zero-order valence-corrected chi connectivity index (χ0v) is 27.8. The third-order valence-corrected chi connectivity index (χ3v) is 11.3. The average Bonchev–Trinajstić information content (AvgIpc) is 3.98. The Hall–Kier alpha value is -6.48. The first-order valence-electron chi connectivity index (χ1n) is 17.1. The summed E-state index contributed by atoms with van der Waals surface area (Å²) in [6.07, 6.45) is 0. The Morgan fingerprint density at radius 1 is 0.577 bits per heavy atom. The molecule has 2 bridgehead atoms. The number of imide groups is 1. The number of carbonyl (C=O) groups is 4. The van der Waals surface area contributed by atoms with Crippen LogP contribution in [-0.2, 0) is 25.2 Å². The van der Waals surface area contributed by atoms with Crippen LogP contribution >= 0.6 is 0 Å². The fraction of sp³-hybridized carbons (Fsp3) is 0.163. The van der Waals surface area contributed by atoms with E-state index in [-0.39, 0.29) is 30.8 Å². The van der Waals surface area contributed by atoms with E-state index in [1.165, 1.54) is 11.8 Å². The number of allylic oxidation sites excluding steroid dienone is 2. The fourth-order valence-corrected chi connectivity index (χ4v) is 9.35. The lowest BCUT2D eigenvalue weighted by Crippen LogP contribution is -2.45. The molecule has 4 atom stereocenters. The quantitative estimate of drug-likeness (QED) is 0.146. The lowest BCUT2D eigenvalue weighted by Gasteiger charge is -2.39. The fourth-order valence-electron chi connectivity index (χ4n) is 9.35. The van der Waals surface area contributed by atoms with Gasteiger partial charge in [-0.15, -0.1) is 0 Å². The van der Waals surface area contributed by atoms with Crippen LogP contribution in [0.2, 0.25) is 0 Å². The Labute approximate surface area is 298 Å². The van der Waals surface area contributed by atoms with Crippen molar-refractivity contribution in [2.75, 3.05) is 18.5 Å². The molecule has 0 radical (unpaired) electrons. The molecule has 2 fully saturated rings. The number of ketones is 2. The van der Waals surface area contributed by atoms with Gasteiger partial charge in [0, 0.05) is 5.56 Å². The number of rotatable bonds is 6. The summed E-state index contributed by atoms with van der Waals surface area (Å²) in [7, 11) is 0. The number of nitrogens with zero attached hydrogens (tertiary/aromatic N) is 1. The SMILES string of the molecule is CC(=O)c1cccc(N2C(=O)[C@H]3[C@H](C2=O)[C@@]2(c4ccccc4)C(=O)[C@@]3(c3ccccc3)C(c3ccc4c(c3)OCO4)=C2c2ccc3c(c2)OCO3)c1. The molecule has 2 amide bonds. The van der Waals surface area contributed by atoms with E-state index < -0.39 is 34.5 Å². The number of hydrogen-bond acceptors (Lipinski definition) is 8. The van der Waals surface area contributed by atoms with E-state index in [2.05, 4.69) is 0 Å². The molecule has 0 spiro atoms. The number of fused-ring (bicyclic) bond motifs is 7. The van der Waals surface area contributed by atoms with E-state index in [1.807, 2.05) is 97.1 Å². The van der Waals surface area contributed by atoms with Crippen molar-refractivity contribution in [1.29, 1.82) is 0 Å². The van der Waals surface area contributed by atoms with Gasteiger partial charge in [0.1, 0.15) is 0 Å². The summed E-state index contributed by atoms with van der Waals surface area (Å²) in [5.74, 6) is -1.58. The number of hydrogen-bond donors (Lipinski definition) is 0. The molecule has 2 aliphatic carbocycles. The van der Waals surface area contributed by atoms with Crippen molar-refractivity contribution in [2.45, 2.75) is 17.8 Å². The molecule has 0 aromatic heterocycles. The van der Waals surface area contributed by atoms with Crippen LogP contribution in [0.1, 0.15) is 39.5 Å². The van der Waals surface area contributed by atoms with Gasteiger partial charge in [0.05, 0.1) is 28.4 Å². The van der Waals surface area contributed by atoms with Crippen molar-refractivity contribution in [3.8, 4) is 23.0 Å². The molecule has 3 heterocycles. The minimum atomic E-state index is -1.62. The molecule has 254 valence electrons. The zero-order valence-electron chi connectivity index (χ0n) is 27.8. The predicted octanol–water partition coefficient (Wildman–Crippen LogP) is 6.54. The number of carbonyl (C=O) groups excluding carboxylic acids is 4. The van der Waals surface area contributed by atoms with Crippen LogP contribution in [0.3, 0.4) is 0 Å². The van der Waals surface area contributed by atoms with Crippen LogP contribution in [0.5, 0.6) is 23.0 Å². The molecule has 0 unspecified atom stereocenters. The highest BCUT2D eigenvalue weighted by atomic mass is 16.7. The largest absolute Gasteiger partial charge is 0.454 e. The number of ether oxygens (including phenoxy) is 4. The average molecular weight is 688 g/mol. The molecule has 5 aliphatic rings. The van der Waals surface area contributed by atoms with Crippen LogP contribution in [0, 0.1) is 11.8 Å². The van der Waals surface area contributed by atoms with E-state index in [0.29, 0.717) is 62.0 Å². The summed E-state index contributed by atoms with van der Waals surface area (Å²) >= 11 is 0. The van der Waals surface area contributed by atoms with E-state index in [1.54, 1.807) is 24.3 Å². The van der Waals surface area contributed by atoms with Crippen LogP contribution in [0.15, 0.2) is 121 Å². The molecule has 9 heteroatoms. The van der Waals surface area contributed by atoms with Gasteiger partial charge in [-0.3, -0.25) is 19.2 Å². The molecule has 5 aromatic rings. The van der Waals surface area contributed by atoms with Crippen LogP contribution in [-0.4, -0.2) is 37.0 Å².